The Bertz CT molecular complexity index is 489. The number of benzene rings is 1. The molecule has 0 atom stereocenters. The molecule has 1 aromatic rings. The zero-order chi connectivity index (χ0) is 14.0. The van der Waals surface area contributed by atoms with E-state index in [-0.39, 0.29) is 0 Å². The van der Waals surface area contributed by atoms with Gasteiger partial charge >= 0.3 is 5.97 Å². The number of hydrogen-bond acceptors (Lipinski definition) is 3. The van der Waals surface area contributed by atoms with Gasteiger partial charge in [-0.3, -0.25) is 4.79 Å². The summed E-state index contributed by atoms with van der Waals surface area (Å²) in [7, 11) is 3.18. The standard InChI is InChI=1S/C15H20O4/c1-4-10-8-11(13(19-3)9-12(10)18-2)15(14(16)17)6-5-7-15/h8-9H,4-7H2,1-3H3,(H,16,17). The molecule has 0 amide bonds. The van der Waals surface area contributed by atoms with E-state index in [1.807, 2.05) is 13.0 Å². The molecule has 0 bridgehead atoms. The van der Waals surface area contributed by atoms with Crippen molar-refractivity contribution < 1.29 is 19.4 Å². The van der Waals surface area contributed by atoms with Gasteiger partial charge in [0.15, 0.2) is 0 Å². The third kappa shape index (κ3) is 2.05. The van der Waals surface area contributed by atoms with Crippen LogP contribution in [0.5, 0.6) is 11.5 Å². The van der Waals surface area contributed by atoms with Crippen LogP contribution in [-0.2, 0) is 16.6 Å². The molecule has 1 N–H and O–H groups in total. The van der Waals surface area contributed by atoms with Crippen LogP contribution in [0.2, 0.25) is 0 Å². The minimum atomic E-state index is -0.776. The van der Waals surface area contributed by atoms with Crippen molar-refractivity contribution in [2.45, 2.75) is 38.0 Å². The highest BCUT2D eigenvalue weighted by Gasteiger charge is 2.48. The van der Waals surface area contributed by atoms with Crippen molar-refractivity contribution in [2.24, 2.45) is 0 Å². The molecule has 1 aromatic carbocycles. The summed E-state index contributed by atoms with van der Waals surface area (Å²) in [4.78, 5) is 11.6. The summed E-state index contributed by atoms with van der Waals surface area (Å²) in [6.07, 6.45) is 3.10. The lowest BCUT2D eigenvalue weighted by molar-refractivity contribution is -0.147. The zero-order valence-corrected chi connectivity index (χ0v) is 11.7. The minimum Gasteiger partial charge on any atom is -0.496 e. The van der Waals surface area contributed by atoms with E-state index in [4.69, 9.17) is 9.47 Å². The molecule has 0 saturated heterocycles. The summed E-state index contributed by atoms with van der Waals surface area (Å²) in [5.74, 6) is 0.600. The quantitative estimate of drug-likeness (QED) is 0.888. The van der Waals surface area contributed by atoms with Crippen molar-refractivity contribution >= 4 is 5.97 Å². The molecule has 104 valence electrons. The summed E-state index contributed by atoms with van der Waals surface area (Å²) in [6.45, 7) is 2.03. The van der Waals surface area contributed by atoms with E-state index in [2.05, 4.69) is 0 Å². The molecule has 0 radical (unpaired) electrons. The Kier molecular flexibility index (Phi) is 3.69. The Morgan fingerprint density at radius 1 is 1.26 bits per heavy atom. The third-order valence-electron chi connectivity index (χ3n) is 4.12. The third-order valence-corrected chi connectivity index (χ3v) is 4.12. The number of ether oxygens (including phenoxy) is 2. The number of rotatable bonds is 5. The fourth-order valence-corrected chi connectivity index (χ4v) is 2.74. The Hall–Kier alpha value is -1.71. The molecule has 0 aliphatic heterocycles. The average Bonchev–Trinajstić information content (AvgIpc) is 2.36. The summed E-state index contributed by atoms with van der Waals surface area (Å²) in [6, 6.07) is 3.74. The fraction of sp³-hybridized carbons (Fsp3) is 0.533. The fourth-order valence-electron chi connectivity index (χ4n) is 2.74. The first kappa shape index (κ1) is 13.7. The van der Waals surface area contributed by atoms with E-state index in [1.165, 1.54) is 0 Å². The Labute approximate surface area is 113 Å². The van der Waals surface area contributed by atoms with Crippen LogP contribution in [0.3, 0.4) is 0 Å². The molecular weight excluding hydrogens is 244 g/mol. The SMILES string of the molecule is CCc1cc(C2(C(=O)O)CCC2)c(OC)cc1OC. The zero-order valence-electron chi connectivity index (χ0n) is 11.7. The first-order chi connectivity index (χ1) is 9.08. The molecule has 0 spiro atoms. The number of aliphatic carboxylic acids is 1. The second-order valence-corrected chi connectivity index (χ2v) is 4.96. The van der Waals surface area contributed by atoms with Crippen molar-refractivity contribution in [3.63, 3.8) is 0 Å². The van der Waals surface area contributed by atoms with Gasteiger partial charge in [-0.1, -0.05) is 13.3 Å². The van der Waals surface area contributed by atoms with Crippen molar-refractivity contribution in [1.82, 2.24) is 0 Å². The summed E-state index contributed by atoms with van der Waals surface area (Å²) in [5, 5.41) is 9.56. The Morgan fingerprint density at radius 3 is 2.26 bits per heavy atom. The van der Waals surface area contributed by atoms with Gasteiger partial charge in [-0.2, -0.15) is 0 Å². The molecule has 2 rings (SSSR count). The van der Waals surface area contributed by atoms with Gasteiger partial charge in [0.2, 0.25) is 0 Å². The van der Waals surface area contributed by atoms with Gasteiger partial charge in [-0.25, -0.2) is 0 Å². The van der Waals surface area contributed by atoms with Crippen LogP contribution < -0.4 is 9.47 Å². The van der Waals surface area contributed by atoms with Gasteiger partial charge in [0.1, 0.15) is 11.5 Å². The first-order valence-electron chi connectivity index (χ1n) is 6.57. The monoisotopic (exact) mass is 264 g/mol. The van der Waals surface area contributed by atoms with E-state index < -0.39 is 11.4 Å². The number of carbonyl (C=O) groups is 1. The molecule has 4 heteroatoms. The number of hydrogen-bond donors (Lipinski definition) is 1. The lowest BCUT2D eigenvalue weighted by Gasteiger charge is -2.39. The molecule has 19 heavy (non-hydrogen) atoms. The van der Waals surface area contributed by atoms with Gasteiger partial charge in [-0.15, -0.1) is 0 Å². The van der Waals surface area contributed by atoms with Gasteiger partial charge in [0, 0.05) is 11.6 Å². The van der Waals surface area contributed by atoms with Crippen LogP contribution in [0.4, 0.5) is 0 Å². The van der Waals surface area contributed by atoms with Crippen LogP contribution in [0.25, 0.3) is 0 Å². The number of methoxy groups -OCH3 is 2. The molecule has 0 aromatic heterocycles. The van der Waals surface area contributed by atoms with E-state index in [1.54, 1.807) is 20.3 Å². The first-order valence-corrected chi connectivity index (χ1v) is 6.57. The average molecular weight is 264 g/mol. The highest BCUT2D eigenvalue weighted by atomic mass is 16.5. The van der Waals surface area contributed by atoms with Crippen molar-refractivity contribution in [3.05, 3.63) is 23.3 Å². The topological polar surface area (TPSA) is 55.8 Å². The molecule has 4 nitrogen and oxygen atoms in total. The number of carboxylic acid groups (broad SMARTS) is 1. The van der Waals surface area contributed by atoms with Crippen LogP contribution in [0, 0.1) is 0 Å². The molecule has 0 unspecified atom stereocenters. The Balaban J connectivity index is 2.58. The van der Waals surface area contributed by atoms with Gasteiger partial charge < -0.3 is 14.6 Å². The van der Waals surface area contributed by atoms with Crippen LogP contribution in [-0.4, -0.2) is 25.3 Å². The maximum Gasteiger partial charge on any atom is 0.314 e. The van der Waals surface area contributed by atoms with Crippen molar-refractivity contribution in [2.75, 3.05) is 14.2 Å². The molecule has 0 heterocycles. The van der Waals surface area contributed by atoms with E-state index >= 15 is 0 Å². The van der Waals surface area contributed by atoms with E-state index in [9.17, 15) is 9.90 Å². The summed E-state index contributed by atoms with van der Waals surface area (Å²) in [5.41, 5.74) is 1.03. The predicted molar refractivity (Wildman–Crippen MR) is 72.1 cm³/mol. The van der Waals surface area contributed by atoms with Gasteiger partial charge in [-0.05, 0) is 30.9 Å². The molecular formula is C15H20O4. The highest BCUT2D eigenvalue weighted by molar-refractivity contribution is 5.84. The van der Waals surface area contributed by atoms with Crippen molar-refractivity contribution in [1.29, 1.82) is 0 Å². The smallest absolute Gasteiger partial charge is 0.314 e. The van der Waals surface area contributed by atoms with E-state index in [0.29, 0.717) is 18.6 Å². The molecule has 1 saturated carbocycles. The molecule has 1 aliphatic rings. The van der Waals surface area contributed by atoms with Crippen molar-refractivity contribution in [3.8, 4) is 11.5 Å². The highest BCUT2D eigenvalue weighted by Crippen LogP contribution is 2.48. The maximum atomic E-state index is 11.6. The van der Waals surface area contributed by atoms with Gasteiger partial charge in [0.05, 0.1) is 19.6 Å². The second kappa shape index (κ2) is 5.11. The van der Waals surface area contributed by atoms with Gasteiger partial charge in [0.25, 0.3) is 0 Å². The summed E-state index contributed by atoms with van der Waals surface area (Å²) < 4.78 is 10.7. The van der Waals surface area contributed by atoms with E-state index in [0.717, 1.165) is 29.7 Å². The lowest BCUT2D eigenvalue weighted by Crippen LogP contribution is -2.42. The Morgan fingerprint density at radius 2 is 1.89 bits per heavy atom. The van der Waals surface area contributed by atoms with Crippen LogP contribution in [0.1, 0.15) is 37.3 Å². The molecule has 1 aliphatic carbocycles. The minimum absolute atomic E-state index is 0.608. The maximum absolute atomic E-state index is 11.6. The van der Waals surface area contributed by atoms with Crippen LogP contribution in [0.15, 0.2) is 12.1 Å². The lowest BCUT2D eigenvalue weighted by atomic mass is 9.64. The second-order valence-electron chi connectivity index (χ2n) is 4.96. The predicted octanol–water partition coefficient (Wildman–Crippen LogP) is 2.77. The molecule has 1 fully saturated rings. The number of carboxylic acids is 1. The largest absolute Gasteiger partial charge is 0.496 e. The number of aryl methyl sites for hydroxylation is 1. The van der Waals surface area contributed by atoms with Crippen LogP contribution >= 0.6 is 0 Å². The normalized spacial score (nSPS) is 16.6. The summed E-state index contributed by atoms with van der Waals surface area (Å²) >= 11 is 0.